The molecule has 4 rings (SSSR count). The van der Waals surface area contributed by atoms with Crippen LogP contribution in [0.4, 0.5) is 0 Å². The molecule has 0 saturated heterocycles. The van der Waals surface area contributed by atoms with Crippen LogP contribution in [0.25, 0.3) is 22.2 Å². The number of aromatic nitrogens is 3. The summed E-state index contributed by atoms with van der Waals surface area (Å²) < 4.78 is 0. The van der Waals surface area contributed by atoms with Crippen LogP contribution in [0.5, 0.6) is 0 Å². The van der Waals surface area contributed by atoms with Gasteiger partial charge in [0.2, 0.25) is 0 Å². The first kappa shape index (κ1) is 18.0. The van der Waals surface area contributed by atoms with Crippen LogP contribution in [0, 0.1) is 13.8 Å². The Morgan fingerprint density at radius 1 is 1.11 bits per heavy atom. The topological polar surface area (TPSA) is 73.6 Å². The number of fused-ring (bicyclic) bond motifs is 1. The third-order valence-corrected chi connectivity index (χ3v) is 5.14. The van der Waals surface area contributed by atoms with Crippen molar-refractivity contribution in [2.45, 2.75) is 33.7 Å². The number of hydrogen-bond acceptors (Lipinski definition) is 2. The molecule has 5 heteroatoms. The highest BCUT2D eigenvalue weighted by atomic mass is 16.1. The lowest BCUT2D eigenvalue weighted by atomic mass is 10.0. The average Bonchev–Trinajstić information content (AvgIpc) is 3.32. The summed E-state index contributed by atoms with van der Waals surface area (Å²) in [7, 11) is 0. The molecule has 0 aliphatic rings. The van der Waals surface area contributed by atoms with E-state index in [4.69, 9.17) is 0 Å². The number of carbonyl (C=O) groups excluding carboxylic acids is 1. The Morgan fingerprint density at radius 3 is 2.61 bits per heavy atom. The minimum Gasteiger partial charge on any atom is -0.354 e. The van der Waals surface area contributed by atoms with Gasteiger partial charge in [0, 0.05) is 23.3 Å². The molecule has 0 aliphatic carbocycles. The minimum absolute atomic E-state index is 0.169. The van der Waals surface area contributed by atoms with Crippen molar-refractivity contribution in [1.82, 2.24) is 20.5 Å². The van der Waals surface area contributed by atoms with E-state index in [0.717, 1.165) is 34.5 Å². The Bertz CT molecular complexity index is 1140. The predicted molar refractivity (Wildman–Crippen MR) is 112 cm³/mol. The molecule has 4 aromatic rings. The number of amides is 1. The van der Waals surface area contributed by atoms with E-state index in [1.165, 1.54) is 16.5 Å². The zero-order valence-electron chi connectivity index (χ0n) is 16.4. The van der Waals surface area contributed by atoms with Gasteiger partial charge in [-0.3, -0.25) is 9.89 Å². The van der Waals surface area contributed by atoms with E-state index in [9.17, 15) is 4.79 Å². The predicted octanol–water partition coefficient (Wildman–Crippen LogP) is 4.67. The van der Waals surface area contributed by atoms with Gasteiger partial charge >= 0.3 is 0 Å². The summed E-state index contributed by atoms with van der Waals surface area (Å²) in [4.78, 5) is 16.0. The number of nitrogens with one attached hydrogen (secondary N) is 3. The maximum absolute atomic E-state index is 12.5. The zero-order valence-corrected chi connectivity index (χ0v) is 16.4. The van der Waals surface area contributed by atoms with Crippen molar-refractivity contribution in [2.75, 3.05) is 0 Å². The molecule has 2 aromatic heterocycles. The molecule has 0 bridgehead atoms. The molecule has 1 amide bonds. The molecule has 0 unspecified atom stereocenters. The number of nitrogens with zero attached hydrogens (tertiary/aromatic N) is 1. The molecule has 2 heterocycles. The molecule has 0 radical (unpaired) electrons. The second kappa shape index (κ2) is 7.35. The fourth-order valence-corrected chi connectivity index (χ4v) is 3.62. The molecular weight excluding hydrogens is 348 g/mol. The molecule has 2 aromatic carbocycles. The van der Waals surface area contributed by atoms with E-state index in [1.54, 1.807) is 6.07 Å². The smallest absolute Gasteiger partial charge is 0.272 e. The van der Waals surface area contributed by atoms with Gasteiger partial charge in [0.15, 0.2) is 0 Å². The summed E-state index contributed by atoms with van der Waals surface area (Å²) in [6.45, 7) is 6.69. The lowest BCUT2D eigenvalue weighted by Gasteiger charge is -2.07. The highest BCUT2D eigenvalue weighted by Crippen LogP contribution is 2.32. The summed E-state index contributed by atoms with van der Waals surface area (Å²) in [6.07, 6.45) is 0.822. The molecule has 28 heavy (non-hydrogen) atoms. The largest absolute Gasteiger partial charge is 0.354 e. The summed E-state index contributed by atoms with van der Waals surface area (Å²) in [5.41, 5.74) is 8.19. The van der Waals surface area contributed by atoms with E-state index >= 15 is 0 Å². The average molecular weight is 372 g/mol. The van der Waals surface area contributed by atoms with Crippen molar-refractivity contribution < 1.29 is 4.79 Å². The van der Waals surface area contributed by atoms with Gasteiger partial charge in [0.1, 0.15) is 5.69 Å². The molecule has 3 N–H and O–H groups in total. The molecule has 0 fully saturated rings. The summed E-state index contributed by atoms with van der Waals surface area (Å²) >= 11 is 0. The van der Waals surface area contributed by atoms with Crippen LogP contribution in [0.3, 0.4) is 0 Å². The number of H-pyrrole nitrogens is 2. The van der Waals surface area contributed by atoms with Gasteiger partial charge in [-0.1, -0.05) is 48.9 Å². The van der Waals surface area contributed by atoms with Gasteiger partial charge in [-0.25, -0.2) is 0 Å². The standard InChI is InChI=1S/C23H24N4O/c1-4-18-12-20(27-26-18)23(28)24-13-17-10-14(2)11-19-15(3)21(25-22(17)19)16-8-6-5-7-9-16/h5-12,25H,4,13H2,1-3H3,(H,24,28)(H,26,27). The van der Waals surface area contributed by atoms with E-state index in [-0.39, 0.29) is 5.91 Å². The minimum atomic E-state index is -0.169. The van der Waals surface area contributed by atoms with Crippen LogP contribution in [0.15, 0.2) is 48.5 Å². The molecular formula is C23H24N4O. The fraction of sp³-hybridized carbons (Fsp3) is 0.217. The zero-order chi connectivity index (χ0) is 19.7. The number of hydrogen-bond donors (Lipinski definition) is 3. The number of benzene rings is 2. The maximum atomic E-state index is 12.5. The second-order valence-electron chi connectivity index (χ2n) is 7.15. The van der Waals surface area contributed by atoms with Crippen molar-refractivity contribution in [3.8, 4) is 11.3 Å². The van der Waals surface area contributed by atoms with Gasteiger partial charge in [0.05, 0.1) is 5.52 Å². The number of carbonyl (C=O) groups is 1. The fourth-order valence-electron chi connectivity index (χ4n) is 3.62. The number of rotatable bonds is 5. The number of aryl methyl sites for hydroxylation is 3. The van der Waals surface area contributed by atoms with Gasteiger partial charge in [-0.15, -0.1) is 0 Å². The third kappa shape index (κ3) is 3.31. The van der Waals surface area contributed by atoms with E-state index in [1.807, 2.05) is 25.1 Å². The van der Waals surface area contributed by atoms with Crippen molar-refractivity contribution in [1.29, 1.82) is 0 Å². The van der Waals surface area contributed by atoms with Crippen LogP contribution in [-0.4, -0.2) is 21.1 Å². The first-order valence-corrected chi connectivity index (χ1v) is 9.56. The van der Waals surface area contributed by atoms with E-state index < -0.39 is 0 Å². The Labute approximate surface area is 164 Å². The van der Waals surface area contributed by atoms with E-state index in [2.05, 4.69) is 58.6 Å². The Morgan fingerprint density at radius 2 is 1.89 bits per heavy atom. The van der Waals surface area contributed by atoms with Crippen LogP contribution >= 0.6 is 0 Å². The van der Waals surface area contributed by atoms with Crippen molar-refractivity contribution >= 4 is 16.8 Å². The lowest BCUT2D eigenvalue weighted by molar-refractivity contribution is 0.0946. The first-order valence-electron chi connectivity index (χ1n) is 9.56. The van der Waals surface area contributed by atoms with Gasteiger partial charge in [-0.05, 0) is 49.1 Å². The summed E-state index contributed by atoms with van der Waals surface area (Å²) in [5.74, 6) is -0.169. The summed E-state index contributed by atoms with van der Waals surface area (Å²) in [5, 5.41) is 11.2. The molecule has 142 valence electrons. The van der Waals surface area contributed by atoms with Crippen LogP contribution in [0.2, 0.25) is 0 Å². The first-order chi connectivity index (χ1) is 13.6. The molecule has 0 atom stereocenters. The van der Waals surface area contributed by atoms with Crippen LogP contribution < -0.4 is 5.32 Å². The van der Waals surface area contributed by atoms with Crippen molar-refractivity contribution in [3.63, 3.8) is 0 Å². The Kier molecular flexibility index (Phi) is 4.74. The highest BCUT2D eigenvalue weighted by molar-refractivity contribution is 5.95. The number of aromatic amines is 2. The molecule has 5 nitrogen and oxygen atoms in total. The van der Waals surface area contributed by atoms with Crippen molar-refractivity contribution in [3.05, 3.63) is 76.6 Å². The van der Waals surface area contributed by atoms with Gasteiger partial charge in [-0.2, -0.15) is 5.10 Å². The lowest BCUT2D eigenvalue weighted by Crippen LogP contribution is -2.23. The van der Waals surface area contributed by atoms with Gasteiger partial charge < -0.3 is 10.3 Å². The molecule has 0 spiro atoms. The van der Waals surface area contributed by atoms with Gasteiger partial charge in [0.25, 0.3) is 5.91 Å². The highest BCUT2D eigenvalue weighted by Gasteiger charge is 2.15. The molecule has 0 saturated carbocycles. The van der Waals surface area contributed by atoms with Crippen LogP contribution in [0.1, 0.15) is 39.8 Å². The van der Waals surface area contributed by atoms with E-state index in [0.29, 0.717) is 12.2 Å². The van der Waals surface area contributed by atoms with Crippen molar-refractivity contribution in [2.24, 2.45) is 0 Å². The maximum Gasteiger partial charge on any atom is 0.272 e. The van der Waals surface area contributed by atoms with Crippen LogP contribution in [-0.2, 0) is 13.0 Å². The third-order valence-electron chi connectivity index (χ3n) is 5.14. The Balaban J connectivity index is 1.66. The Hall–Kier alpha value is -3.34. The quantitative estimate of drug-likeness (QED) is 0.476. The summed E-state index contributed by atoms with van der Waals surface area (Å²) in [6, 6.07) is 16.4. The normalized spacial score (nSPS) is 11.1. The second-order valence-corrected chi connectivity index (χ2v) is 7.15. The molecule has 0 aliphatic heterocycles. The monoisotopic (exact) mass is 372 g/mol. The SMILES string of the molecule is CCc1cc(C(=O)NCc2cc(C)cc3c(C)c(-c4ccccc4)[nH]c23)n[nH]1.